The number of carbonyl (C=O) groups is 1. The Labute approximate surface area is 156 Å². The molecule has 1 N–H and O–H groups in total. The van der Waals surface area contributed by atoms with Gasteiger partial charge in [-0.15, -0.1) is 0 Å². The van der Waals surface area contributed by atoms with Gasteiger partial charge in [-0.3, -0.25) is 4.79 Å². The predicted molar refractivity (Wildman–Crippen MR) is 106 cm³/mol. The first-order valence-electron chi connectivity index (χ1n) is 8.78. The number of rotatable bonds is 4. The number of fused-ring (bicyclic) bond motifs is 1. The zero-order valence-corrected chi connectivity index (χ0v) is 15.5. The second-order valence-electron chi connectivity index (χ2n) is 6.45. The fraction of sp³-hybridized carbons (Fsp3) is 0.300. The largest absolute Gasteiger partial charge is 0.497 e. The van der Waals surface area contributed by atoms with E-state index in [9.17, 15) is 4.79 Å². The molecular formula is C20H21N3O2S. The highest BCUT2D eigenvalue weighted by Gasteiger charge is 2.26. The van der Waals surface area contributed by atoms with E-state index in [0.717, 1.165) is 48.0 Å². The van der Waals surface area contributed by atoms with Crippen molar-refractivity contribution in [2.75, 3.05) is 30.4 Å². The zero-order chi connectivity index (χ0) is 17.9. The predicted octanol–water partition coefficient (Wildman–Crippen LogP) is 4.16. The van der Waals surface area contributed by atoms with Crippen molar-refractivity contribution in [3.8, 4) is 5.75 Å². The lowest BCUT2D eigenvalue weighted by Crippen LogP contribution is -2.38. The summed E-state index contributed by atoms with van der Waals surface area (Å²) in [5, 5.41) is 4.07. The van der Waals surface area contributed by atoms with Gasteiger partial charge in [0.25, 0.3) is 0 Å². The van der Waals surface area contributed by atoms with Gasteiger partial charge in [0.1, 0.15) is 5.75 Å². The van der Waals surface area contributed by atoms with E-state index in [2.05, 4.69) is 16.3 Å². The lowest BCUT2D eigenvalue weighted by Gasteiger charge is -2.31. The third-order valence-electron chi connectivity index (χ3n) is 4.76. The van der Waals surface area contributed by atoms with Gasteiger partial charge in [-0.25, -0.2) is 4.98 Å². The van der Waals surface area contributed by atoms with Crippen LogP contribution in [0.3, 0.4) is 0 Å². The summed E-state index contributed by atoms with van der Waals surface area (Å²) in [5.41, 5.74) is 1.83. The van der Waals surface area contributed by atoms with Crippen LogP contribution in [0.25, 0.3) is 10.2 Å². The Hall–Kier alpha value is -2.60. The average Bonchev–Trinajstić information content (AvgIpc) is 3.12. The number of hydrogen-bond acceptors (Lipinski definition) is 5. The molecule has 0 atom stereocenters. The van der Waals surface area contributed by atoms with Crippen molar-refractivity contribution >= 4 is 38.3 Å². The summed E-state index contributed by atoms with van der Waals surface area (Å²) in [5.74, 6) is 0.863. The molecule has 1 fully saturated rings. The quantitative estimate of drug-likeness (QED) is 0.752. The molecule has 0 unspecified atom stereocenters. The van der Waals surface area contributed by atoms with Gasteiger partial charge in [-0.2, -0.15) is 0 Å². The van der Waals surface area contributed by atoms with Crippen molar-refractivity contribution < 1.29 is 9.53 Å². The van der Waals surface area contributed by atoms with Crippen LogP contribution in [0.1, 0.15) is 12.8 Å². The van der Waals surface area contributed by atoms with Gasteiger partial charge in [0.2, 0.25) is 5.91 Å². The summed E-state index contributed by atoms with van der Waals surface area (Å²) in [6, 6.07) is 15.7. The number of benzene rings is 2. The standard InChI is InChI=1S/C20H21N3O2S/c1-25-16-6-4-5-15(13-16)21-19(24)14-9-11-23(12-10-14)20-22-17-7-2-3-8-18(17)26-20/h2-8,13-14H,9-12H2,1H3,(H,21,24). The molecule has 3 aromatic rings. The number of thiazole rings is 1. The Bertz CT molecular complexity index is 883. The van der Waals surface area contributed by atoms with E-state index in [-0.39, 0.29) is 11.8 Å². The summed E-state index contributed by atoms with van der Waals surface area (Å²) < 4.78 is 6.41. The first-order chi connectivity index (χ1) is 12.7. The number of nitrogens with zero attached hydrogens (tertiary/aromatic N) is 2. The maximum absolute atomic E-state index is 12.6. The third kappa shape index (κ3) is 3.51. The van der Waals surface area contributed by atoms with Crippen molar-refractivity contribution in [1.82, 2.24) is 4.98 Å². The van der Waals surface area contributed by atoms with E-state index >= 15 is 0 Å². The highest BCUT2D eigenvalue weighted by Crippen LogP contribution is 2.31. The van der Waals surface area contributed by atoms with Crippen LogP contribution >= 0.6 is 11.3 Å². The molecule has 4 rings (SSSR count). The molecule has 2 aromatic carbocycles. The number of aromatic nitrogens is 1. The molecule has 0 aliphatic carbocycles. The van der Waals surface area contributed by atoms with E-state index in [1.165, 1.54) is 4.70 Å². The molecule has 1 aliphatic heterocycles. The average molecular weight is 367 g/mol. The number of anilines is 2. The molecule has 0 radical (unpaired) electrons. The normalized spacial score (nSPS) is 15.2. The molecule has 26 heavy (non-hydrogen) atoms. The van der Waals surface area contributed by atoms with Crippen LogP contribution < -0.4 is 15.0 Å². The molecule has 0 bridgehead atoms. The first-order valence-corrected chi connectivity index (χ1v) is 9.60. The van der Waals surface area contributed by atoms with E-state index in [0.29, 0.717) is 0 Å². The second-order valence-corrected chi connectivity index (χ2v) is 7.46. The monoisotopic (exact) mass is 367 g/mol. The second kappa shape index (κ2) is 7.33. The van der Waals surface area contributed by atoms with Crippen LogP contribution in [0, 0.1) is 5.92 Å². The van der Waals surface area contributed by atoms with Gasteiger partial charge >= 0.3 is 0 Å². The number of para-hydroxylation sites is 1. The summed E-state index contributed by atoms with van der Waals surface area (Å²) in [6.45, 7) is 1.71. The molecular weight excluding hydrogens is 346 g/mol. The number of nitrogens with one attached hydrogen (secondary N) is 1. The molecule has 1 aliphatic rings. The fourth-order valence-corrected chi connectivity index (χ4v) is 4.29. The summed E-state index contributed by atoms with van der Waals surface area (Å²) in [6.07, 6.45) is 1.68. The van der Waals surface area contributed by atoms with Gasteiger partial charge < -0.3 is 15.0 Å². The van der Waals surface area contributed by atoms with Crippen molar-refractivity contribution in [2.45, 2.75) is 12.8 Å². The number of piperidine rings is 1. The van der Waals surface area contributed by atoms with Crippen LogP contribution in [0.2, 0.25) is 0 Å². The molecule has 2 heterocycles. The van der Waals surface area contributed by atoms with Gasteiger partial charge in [-0.1, -0.05) is 29.5 Å². The van der Waals surface area contributed by atoms with Crippen LogP contribution in [-0.2, 0) is 4.79 Å². The van der Waals surface area contributed by atoms with Crippen molar-refractivity contribution in [2.24, 2.45) is 5.92 Å². The summed E-state index contributed by atoms with van der Waals surface area (Å²) in [4.78, 5) is 19.6. The summed E-state index contributed by atoms with van der Waals surface area (Å²) >= 11 is 1.72. The smallest absolute Gasteiger partial charge is 0.227 e. The van der Waals surface area contributed by atoms with Crippen molar-refractivity contribution in [3.05, 3.63) is 48.5 Å². The van der Waals surface area contributed by atoms with E-state index in [1.807, 2.05) is 42.5 Å². The van der Waals surface area contributed by atoms with E-state index in [4.69, 9.17) is 9.72 Å². The number of carbonyl (C=O) groups excluding carboxylic acids is 1. The molecule has 0 spiro atoms. The Morgan fingerprint density at radius 1 is 1.19 bits per heavy atom. The molecule has 1 aromatic heterocycles. The van der Waals surface area contributed by atoms with Crippen molar-refractivity contribution in [3.63, 3.8) is 0 Å². The number of ether oxygens (including phenoxy) is 1. The third-order valence-corrected chi connectivity index (χ3v) is 5.85. The SMILES string of the molecule is COc1cccc(NC(=O)C2CCN(c3nc4ccccc4s3)CC2)c1. The highest BCUT2D eigenvalue weighted by atomic mass is 32.1. The maximum Gasteiger partial charge on any atom is 0.227 e. The summed E-state index contributed by atoms with van der Waals surface area (Å²) in [7, 11) is 1.62. The lowest BCUT2D eigenvalue weighted by atomic mass is 9.96. The maximum atomic E-state index is 12.6. The van der Waals surface area contributed by atoms with Crippen molar-refractivity contribution in [1.29, 1.82) is 0 Å². The molecule has 1 amide bonds. The Morgan fingerprint density at radius 3 is 2.77 bits per heavy atom. The van der Waals surface area contributed by atoms with E-state index < -0.39 is 0 Å². The number of hydrogen-bond donors (Lipinski definition) is 1. The van der Waals surface area contributed by atoms with Crippen LogP contribution in [0.4, 0.5) is 10.8 Å². The zero-order valence-electron chi connectivity index (χ0n) is 14.6. The minimum absolute atomic E-state index is 0.0341. The topological polar surface area (TPSA) is 54.5 Å². The molecule has 5 nitrogen and oxygen atoms in total. The highest BCUT2D eigenvalue weighted by molar-refractivity contribution is 7.22. The Kier molecular flexibility index (Phi) is 4.75. The Balaban J connectivity index is 1.37. The van der Waals surface area contributed by atoms with Crippen LogP contribution in [0.15, 0.2) is 48.5 Å². The van der Waals surface area contributed by atoms with E-state index in [1.54, 1.807) is 18.4 Å². The molecule has 134 valence electrons. The molecule has 6 heteroatoms. The van der Waals surface area contributed by atoms with Crippen LogP contribution in [-0.4, -0.2) is 31.1 Å². The minimum Gasteiger partial charge on any atom is -0.497 e. The van der Waals surface area contributed by atoms with Gasteiger partial charge in [0, 0.05) is 30.8 Å². The van der Waals surface area contributed by atoms with Crippen LogP contribution in [0.5, 0.6) is 5.75 Å². The van der Waals surface area contributed by atoms with Gasteiger partial charge in [-0.05, 0) is 37.1 Å². The lowest BCUT2D eigenvalue weighted by molar-refractivity contribution is -0.120. The Morgan fingerprint density at radius 2 is 2.00 bits per heavy atom. The minimum atomic E-state index is 0.0341. The fourth-order valence-electron chi connectivity index (χ4n) is 3.27. The number of methoxy groups -OCH3 is 1. The number of amides is 1. The molecule has 0 saturated carbocycles. The van der Waals surface area contributed by atoms with Gasteiger partial charge in [0.15, 0.2) is 5.13 Å². The first kappa shape index (κ1) is 16.8. The molecule has 1 saturated heterocycles. The van der Waals surface area contributed by atoms with Gasteiger partial charge in [0.05, 0.1) is 17.3 Å².